The van der Waals surface area contributed by atoms with E-state index in [2.05, 4.69) is 35.3 Å². The molecule has 1 fully saturated rings. The van der Waals surface area contributed by atoms with Gasteiger partial charge < -0.3 is 15.0 Å². The molecule has 20 heavy (non-hydrogen) atoms. The van der Waals surface area contributed by atoms with Gasteiger partial charge in [-0.15, -0.1) is 0 Å². The first-order valence-electron chi connectivity index (χ1n) is 8.00. The maximum atomic E-state index is 5.74. The first kappa shape index (κ1) is 13.9. The van der Waals surface area contributed by atoms with Crippen LogP contribution in [0.3, 0.4) is 0 Å². The van der Waals surface area contributed by atoms with E-state index in [4.69, 9.17) is 4.74 Å². The zero-order chi connectivity index (χ0) is 13.8. The third-order valence-electron chi connectivity index (χ3n) is 4.49. The summed E-state index contributed by atoms with van der Waals surface area (Å²) in [4.78, 5) is 2.60. The van der Waals surface area contributed by atoms with Gasteiger partial charge in [0.2, 0.25) is 0 Å². The number of para-hydroxylation sites is 1. The highest BCUT2D eigenvalue weighted by Crippen LogP contribution is 2.32. The van der Waals surface area contributed by atoms with Crippen LogP contribution >= 0.6 is 0 Å². The Morgan fingerprint density at radius 3 is 2.90 bits per heavy atom. The van der Waals surface area contributed by atoms with Gasteiger partial charge in [-0.05, 0) is 38.9 Å². The molecule has 0 saturated carbocycles. The van der Waals surface area contributed by atoms with Gasteiger partial charge in [0, 0.05) is 30.6 Å². The average molecular weight is 274 g/mol. The lowest BCUT2D eigenvalue weighted by atomic mass is 10.0. The normalized spacial score (nSPS) is 24.1. The topological polar surface area (TPSA) is 24.5 Å². The van der Waals surface area contributed by atoms with Crippen molar-refractivity contribution in [2.24, 2.45) is 0 Å². The third kappa shape index (κ3) is 3.33. The molecule has 1 N–H and O–H groups in total. The van der Waals surface area contributed by atoms with Gasteiger partial charge in [-0.2, -0.15) is 0 Å². The minimum Gasteiger partial charge on any atom is -0.493 e. The minimum absolute atomic E-state index is 0.509. The van der Waals surface area contributed by atoms with E-state index in [0.717, 1.165) is 18.9 Å². The molecule has 1 aromatic rings. The fourth-order valence-electron chi connectivity index (χ4n) is 3.34. The molecule has 0 aromatic heterocycles. The van der Waals surface area contributed by atoms with Crippen LogP contribution in [-0.4, -0.2) is 43.7 Å². The van der Waals surface area contributed by atoms with Gasteiger partial charge in [-0.25, -0.2) is 0 Å². The van der Waals surface area contributed by atoms with Crippen LogP contribution in [0, 0.1) is 0 Å². The fourth-order valence-corrected chi connectivity index (χ4v) is 3.34. The van der Waals surface area contributed by atoms with E-state index in [1.165, 1.54) is 44.5 Å². The van der Waals surface area contributed by atoms with Crippen molar-refractivity contribution >= 4 is 0 Å². The van der Waals surface area contributed by atoms with Crippen LogP contribution in [-0.2, 0) is 0 Å². The van der Waals surface area contributed by atoms with Gasteiger partial charge in [-0.3, -0.25) is 0 Å². The summed E-state index contributed by atoms with van der Waals surface area (Å²) >= 11 is 0. The van der Waals surface area contributed by atoms with Gasteiger partial charge in [0.05, 0.1) is 6.61 Å². The number of nitrogens with zero attached hydrogens (tertiary/aromatic N) is 1. The highest BCUT2D eigenvalue weighted by molar-refractivity contribution is 5.39. The number of fused-ring (bicyclic) bond motifs is 1. The highest BCUT2D eigenvalue weighted by atomic mass is 16.5. The Hall–Kier alpha value is -1.06. The van der Waals surface area contributed by atoms with Crippen LogP contribution in [0.25, 0.3) is 0 Å². The SMILES string of the molecule is CC(CN1CCCCC1)NCC1COc2ccccc21. The van der Waals surface area contributed by atoms with Crippen molar-refractivity contribution in [3.63, 3.8) is 0 Å². The van der Waals surface area contributed by atoms with Crippen molar-refractivity contribution in [1.29, 1.82) is 0 Å². The second-order valence-corrected chi connectivity index (χ2v) is 6.22. The number of piperidine rings is 1. The molecule has 2 heterocycles. The molecule has 0 bridgehead atoms. The van der Waals surface area contributed by atoms with Crippen LogP contribution in [0.1, 0.15) is 37.7 Å². The Balaban J connectivity index is 1.45. The number of benzene rings is 1. The Morgan fingerprint density at radius 1 is 1.25 bits per heavy atom. The van der Waals surface area contributed by atoms with Crippen LogP contribution < -0.4 is 10.1 Å². The molecule has 3 rings (SSSR count). The zero-order valence-electron chi connectivity index (χ0n) is 12.5. The van der Waals surface area contributed by atoms with E-state index in [9.17, 15) is 0 Å². The van der Waals surface area contributed by atoms with Crippen molar-refractivity contribution in [2.75, 3.05) is 32.8 Å². The molecule has 2 aliphatic rings. The second kappa shape index (κ2) is 6.59. The zero-order valence-corrected chi connectivity index (χ0v) is 12.5. The molecular formula is C17H26N2O. The Kier molecular flexibility index (Phi) is 4.58. The summed E-state index contributed by atoms with van der Waals surface area (Å²) in [6, 6.07) is 8.99. The average Bonchev–Trinajstić information content (AvgIpc) is 2.89. The summed E-state index contributed by atoms with van der Waals surface area (Å²) in [6.07, 6.45) is 4.15. The number of hydrogen-bond donors (Lipinski definition) is 1. The standard InChI is InChI=1S/C17H26N2O/c1-14(12-19-9-5-2-6-10-19)18-11-15-13-20-17-8-4-3-7-16(15)17/h3-4,7-8,14-15,18H,2,5-6,9-13H2,1H3. The summed E-state index contributed by atoms with van der Waals surface area (Å²) in [6.45, 7) is 7.88. The number of likely N-dealkylation sites (tertiary alicyclic amines) is 1. The van der Waals surface area contributed by atoms with Crippen molar-refractivity contribution < 1.29 is 4.74 Å². The highest BCUT2D eigenvalue weighted by Gasteiger charge is 2.24. The molecule has 3 nitrogen and oxygen atoms in total. The van der Waals surface area contributed by atoms with Crippen molar-refractivity contribution in [1.82, 2.24) is 10.2 Å². The van der Waals surface area contributed by atoms with E-state index in [1.807, 2.05) is 6.07 Å². The molecule has 2 unspecified atom stereocenters. The fraction of sp³-hybridized carbons (Fsp3) is 0.647. The maximum Gasteiger partial charge on any atom is 0.122 e. The third-order valence-corrected chi connectivity index (χ3v) is 4.49. The quantitative estimate of drug-likeness (QED) is 0.893. The molecular weight excluding hydrogens is 248 g/mol. The van der Waals surface area contributed by atoms with E-state index >= 15 is 0 Å². The summed E-state index contributed by atoms with van der Waals surface area (Å²) in [7, 11) is 0. The summed E-state index contributed by atoms with van der Waals surface area (Å²) in [5, 5.41) is 3.69. The van der Waals surface area contributed by atoms with E-state index in [-0.39, 0.29) is 0 Å². The van der Waals surface area contributed by atoms with Gasteiger partial charge in [-0.1, -0.05) is 24.6 Å². The molecule has 0 spiro atoms. The molecule has 3 heteroatoms. The van der Waals surface area contributed by atoms with E-state index in [1.54, 1.807) is 0 Å². The van der Waals surface area contributed by atoms with Crippen LogP contribution in [0.5, 0.6) is 5.75 Å². The predicted octanol–water partition coefficient (Wildman–Crippen LogP) is 2.63. The van der Waals surface area contributed by atoms with Crippen molar-refractivity contribution in [2.45, 2.75) is 38.1 Å². The minimum atomic E-state index is 0.509. The van der Waals surface area contributed by atoms with Gasteiger partial charge >= 0.3 is 0 Å². The largest absolute Gasteiger partial charge is 0.493 e. The molecule has 0 aliphatic carbocycles. The Bertz CT molecular complexity index is 429. The monoisotopic (exact) mass is 274 g/mol. The molecule has 1 aromatic carbocycles. The lowest BCUT2D eigenvalue weighted by Gasteiger charge is -2.29. The summed E-state index contributed by atoms with van der Waals surface area (Å²) < 4.78 is 5.74. The second-order valence-electron chi connectivity index (χ2n) is 6.22. The van der Waals surface area contributed by atoms with Crippen LogP contribution in [0.2, 0.25) is 0 Å². The molecule has 0 radical (unpaired) electrons. The molecule has 2 atom stereocenters. The van der Waals surface area contributed by atoms with Crippen molar-refractivity contribution in [3.8, 4) is 5.75 Å². The number of ether oxygens (including phenoxy) is 1. The van der Waals surface area contributed by atoms with Gasteiger partial charge in [0.15, 0.2) is 0 Å². The van der Waals surface area contributed by atoms with Crippen molar-refractivity contribution in [3.05, 3.63) is 29.8 Å². The van der Waals surface area contributed by atoms with Crippen LogP contribution in [0.15, 0.2) is 24.3 Å². The van der Waals surface area contributed by atoms with E-state index in [0.29, 0.717) is 12.0 Å². The number of hydrogen-bond acceptors (Lipinski definition) is 3. The smallest absolute Gasteiger partial charge is 0.122 e. The predicted molar refractivity (Wildman–Crippen MR) is 82.4 cm³/mol. The first-order chi connectivity index (χ1) is 9.83. The molecule has 0 amide bonds. The number of rotatable bonds is 5. The Labute approximate surface area is 122 Å². The Morgan fingerprint density at radius 2 is 2.05 bits per heavy atom. The molecule has 110 valence electrons. The molecule has 1 saturated heterocycles. The first-order valence-corrected chi connectivity index (χ1v) is 8.00. The summed E-state index contributed by atoms with van der Waals surface area (Å²) in [5.74, 6) is 1.58. The maximum absolute atomic E-state index is 5.74. The number of nitrogens with one attached hydrogen (secondary N) is 1. The van der Waals surface area contributed by atoms with Gasteiger partial charge in [0.1, 0.15) is 5.75 Å². The van der Waals surface area contributed by atoms with Crippen LogP contribution in [0.4, 0.5) is 0 Å². The lowest BCUT2D eigenvalue weighted by Crippen LogP contribution is -2.42. The summed E-state index contributed by atoms with van der Waals surface area (Å²) in [5.41, 5.74) is 1.37. The lowest BCUT2D eigenvalue weighted by molar-refractivity contribution is 0.207. The van der Waals surface area contributed by atoms with E-state index < -0.39 is 0 Å². The van der Waals surface area contributed by atoms with Gasteiger partial charge in [0.25, 0.3) is 0 Å². The molecule has 2 aliphatic heterocycles.